The van der Waals surface area contributed by atoms with E-state index in [9.17, 15) is 23.1 Å². The maximum atomic E-state index is 12.7. The number of aromatic hydroxyl groups is 1. The van der Waals surface area contributed by atoms with Crippen molar-refractivity contribution in [2.75, 3.05) is 46.3 Å². The van der Waals surface area contributed by atoms with Gasteiger partial charge in [-0.25, -0.2) is 8.42 Å². The summed E-state index contributed by atoms with van der Waals surface area (Å²) in [5, 5.41) is 14.9. The lowest BCUT2D eigenvalue weighted by Gasteiger charge is -2.19. The Bertz CT molecular complexity index is 1120. The van der Waals surface area contributed by atoms with Crippen LogP contribution in [-0.2, 0) is 14.8 Å². The van der Waals surface area contributed by atoms with Gasteiger partial charge in [-0.1, -0.05) is 13.8 Å². The van der Waals surface area contributed by atoms with Gasteiger partial charge in [0.25, 0.3) is 5.91 Å². The van der Waals surface area contributed by atoms with E-state index >= 15 is 0 Å². The molecule has 34 heavy (non-hydrogen) atoms. The lowest BCUT2D eigenvalue weighted by Crippen LogP contribution is -2.33. The molecule has 3 N–H and O–H groups in total. The van der Waals surface area contributed by atoms with Gasteiger partial charge in [-0.3, -0.25) is 9.59 Å². The number of hydrogen-bond donors (Lipinski definition) is 3. The third kappa shape index (κ3) is 5.88. The Labute approximate surface area is 198 Å². The van der Waals surface area contributed by atoms with Crippen LogP contribution in [0, 0.1) is 0 Å². The molecule has 0 atom stereocenters. The molecule has 2 rings (SSSR count). The largest absolute Gasteiger partial charge is 0.506 e. The van der Waals surface area contributed by atoms with E-state index in [-0.39, 0.29) is 46.5 Å². The third-order valence-electron chi connectivity index (χ3n) is 4.92. The molecule has 11 nitrogen and oxygen atoms in total. The van der Waals surface area contributed by atoms with Crippen LogP contribution in [0.25, 0.3) is 0 Å². The van der Waals surface area contributed by atoms with E-state index < -0.39 is 28.4 Å². The minimum absolute atomic E-state index is 0.0780. The van der Waals surface area contributed by atoms with Crippen LogP contribution < -0.4 is 24.8 Å². The highest BCUT2D eigenvalue weighted by molar-refractivity contribution is 7.89. The van der Waals surface area contributed by atoms with Crippen molar-refractivity contribution in [1.82, 2.24) is 9.62 Å². The average molecular weight is 496 g/mol. The molecule has 0 bridgehead atoms. The zero-order valence-corrected chi connectivity index (χ0v) is 20.5. The smallest absolute Gasteiger partial charge is 0.251 e. The number of sulfonamides is 1. The van der Waals surface area contributed by atoms with Crippen molar-refractivity contribution in [2.45, 2.75) is 18.7 Å². The molecule has 0 aliphatic rings. The lowest BCUT2D eigenvalue weighted by atomic mass is 10.1. The highest BCUT2D eigenvalue weighted by atomic mass is 32.2. The monoisotopic (exact) mass is 495 g/mol. The van der Waals surface area contributed by atoms with E-state index in [0.717, 1.165) is 0 Å². The van der Waals surface area contributed by atoms with Crippen LogP contribution in [0.1, 0.15) is 24.2 Å². The molecule has 0 aliphatic heterocycles. The third-order valence-corrected chi connectivity index (χ3v) is 6.97. The molecule has 0 fully saturated rings. The summed E-state index contributed by atoms with van der Waals surface area (Å²) in [5.41, 5.74) is 0.0673. The zero-order chi connectivity index (χ0) is 25.5. The van der Waals surface area contributed by atoms with Crippen LogP contribution in [0.5, 0.6) is 23.0 Å². The molecule has 186 valence electrons. The number of phenolic OH excluding ortho intramolecular Hbond substituents is 1. The van der Waals surface area contributed by atoms with Gasteiger partial charge in [0.15, 0.2) is 11.5 Å². The summed E-state index contributed by atoms with van der Waals surface area (Å²) in [6, 6.07) is 6.47. The predicted molar refractivity (Wildman–Crippen MR) is 125 cm³/mol. The van der Waals surface area contributed by atoms with Crippen molar-refractivity contribution in [3.8, 4) is 23.0 Å². The quantitative estimate of drug-likeness (QED) is 0.401. The van der Waals surface area contributed by atoms with Gasteiger partial charge in [0.1, 0.15) is 5.75 Å². The first kappa shape index (κ1) is 26.7. The van der Waals surface area contributed by atoms with Gasteiger partial charge < -0.3 is 30.0 Å². The Morgan fingerprint density at radius 1 is 0.971 bits per heavy atom. The number of anilines is 1. The number of nitrogens with zero attached hydrogens (tertiary/aromatic N) is 1. The van der Waals surface area contributed by atoms with E-state index in [1.807, 2.05) is 0 Å². The number of methoxy groups -OCH3 is 3. The first-order valence-corrected chi connectivity index (χ1v) is 11.8. The van der Waals surface area contributed by atoms with Gasteiger partial charge in [0.2, 0.25) is 21.7 Å². The summed E-state index contributed by atoms with van der Waals surface area (Å²) >= 11 is 0. The van der Waals surface area contributed by atoms with Crippen molar-refractivity contribution >= 4 is 27.5 Å². The molecule has 0 saturated heterocycles. The van der Waals surface area contributed by atoms with E-state index in [1.54, 1.807) is 13.8 Å². The molecule has 2 aromatic rings. The number of carbonyl (C=O) groups is 2. The van der Waals surface area contributed by atoms with E-state index in [2.05, 4.69) is 10.6 Å². The first-order chi connectivity index (χ1) is 16.1. The standard InChI is InChI=1S/C22H29N3O8S/c1-6-25(7-2)34(29,30)15-8-9-17(26)16(12-15)24-20(27)13-23-22(28)14-10-18(31-3)21(33-5)19(11-14)32-4/h8-12,26H,6-7,13H2,1-5H3,(H,23,28)(H,24,27). The van der Waals surface area contributed by atoms with Crippen molar-refractivity contribution in [3.63, 3.8) is 0 Å². The zero-order valence-electron chi connectivity index (χ0n) is 19.7. The van der Waals surface area contributed by atoms with E-state index in [1.165, 1.54) is 56.0 Å². The fraction of sp³-hybridized carbons (Fsp3) is 0.364. The second-order valence-electron chi connectivity index (χ2n) is 6.91. The Morgan fingerprint density at radius 3 is 2.06 bits per heavy atom. The molecule has 0 aromatic heterocycles. The van der Waals surface area contributed by atoms with Crippen LogP contribution in [0.3, 0.4) is 0 Å². The molecule has 0 spiro atoms. The summed E-state index contributed by atoms with van der Waals surface area (Å²) < 4.78 is 42.3. The topological polar surface area (TPSA) is 144 Å². The molecule has 2 amide bonds. The fourth-order valence-electron chi connectivity index (χ4n) is 3.16. The number of carbonyl (C=O) groups excluding carboxylic acids is 2. The van der Waals surface area contributed by atoms with Crippen LogP contribution in [-0.4, -0.2) is 70.6 Å². The van der Waals surface area contributed by atoms with Gasteiger partial charge in [0, 0.05) is 18.7 Å². The van der Waals surface area contributed by atoms with Crippen molar-refractivity contribution < 1.29 is 37.3 Å². The van der Waals surface area contributed by atoms with Gasteiger partial charge in [0.05, 0.1) is 38.5 Å². The molecular formula is C22H29N3O8S. The Hall–Kier alpha value is -3.51. The number of hydrogen-bond acceptors (Lipinski definition) is 8. The highest BCUT2D eigenvalue weighted by Crippen LogP contribution is 2.38. The van der Waals surface area contributed by atoms with Gasteiger partial charge in [-0.15, -0.1) is 0 Å². The van der Waals surface area contributed by atoms with Gasteiger partial charge in [-0.2, -0.15) is 4.31 Å². The molecule has 0 radical (unpaired) electrons. The second-order valence-corrected chi connectivity index (χ2v) is 8.85. The molecule has 0 unspecified atom stereocenters. The molecule has 0 saturated carbocycles. The van der Waals surface area contributed by atoms with Crippen LogP contribution in [0.15, 0.2) is 35.2 Å². The van der Waals surface area contributed by atoms with Gasteiger partial charge >= 0.3 is 0 Å². The number of amides is 2. The molecule has 0 heterocycles. The minimum atomic E-state index is -3.79. The van der Waals surface area contributed by atoms with Crippen molar-refractivity contribution in [3.05, 3.63) is 35.9 Å². The predicted octanol–water partition coefficient (Wildman–Crippen LogP) is 1.82. The number of nitrogens with one attached hydrogen (secondary N) is 2. The summed E-state index contributed by atoms with van der Waals surface area (Å²) in [6.45, 7) is 3.52. The normalized spacial score (nSPS) is 11.1. The summed E-state index contributed by atoms with van der Waals surface area (Å²) in [6.07, 6.45) is 0. The lowest BCUT2D eigenvalue weighted by molar-refractivity contribution is -0.115. The Morgan fingerprint density at radius 2 is 1.56 bits per heavy atom. The van der Waals surface area contributed by atoms with Gasteiger partial charge in [-0.05, 0) is 30.3 Å². The SMILES string of the molecule is CCN(CC)S(=O)(=O)c1ccc(O)c(NC(=O)CNC(=O)c2cc(OC)c(OC)c(OC)c2)c1. The van der Waals surface area contributed by atoms with E-state index in [0.29, 0.717) is 5.75 Å². The first-order valence-electron chi connectivity index (χ1n) is 10.3. The molecule has 12 heteroatoms. The summed E-state index contributed by atoms with van der Waals surface area (Å²) in [4.78, 5) is 24.9. The fourth-order valence-corrected chi connectivity index (χ4v) is 4.64. The maximum Gasteiger partial charge on any atom is 0.251 e. The highest BCUT2D eigenvalue weighted by Gasteiger charge is 2.23. The summed E-state index contributed by atoms with van der Waals surface area (Å²) in [7, 11) is 0.463. The Kier molecular flexibility index (Phi) is 9.10. The maximum absolute atomic E-state index is 12.7. The van der Waals surface area contributed by atoms with Crippen molar-refractivity contribution in [2.24, 2.45) is 0 Å². The number of ether oxygens (including phenoxy) is 3. The van der Waals surface area contributed by atoms with Crippen molar-refractivity contribution in [1.29, 1.82) is 0 Å². The van der Waals surface area contributed by atoms with E-state index in [4.69, 9.17) is 14.2 Å². The number of phenols is 1. The summed E-state index contributed by atoms with van der Waals surface area (Å²) in [5.74, 6) is -0.720. The number of rotatable bonds is 11. The number of benzene rings is 2. The molecular weight excluding hydrogens is 466 g/mol. The Balaban J connectivity index is 2.15. The molecule has 0 aliphatic carbocycles. The second kappa shape index (κ2) is 11.6. The molecule has 2 aromatic carbocycles. The van der Waals surface area contributed by atoms with Crippen LogP contribution >= 0.6 is 0 Å². The minimum Gasteiger partial charge on any atom is -0.506 e. The average Bonchev–Trinajstić information content (AvgIpc) is 2.83. The van der Waals surface area contributed by atoms with Crippen LogP contribution in [0.4, 0.5) is 5.69 Å². The van der Waals surface area contributed by atoms with Crippen LogP contribution in [0.2, 0.25) is 0 Å².